The lowest BCUT2D eigenvalue weighted by Crippen LogP contribution is -2.22. The molecule has 0 spiro atoms. The van der Waals surface area contributed by atoms with E-state index in [-0.39, 0.29) is 0 Å². The highest BCUT2D eigenvalue weighted by atomic mass is 16.5. The Morgan fingerprint density at radius 3 is 3.06 bits per heavy atom. The van der Waals surface area contributed by atoms with Crippen LogP contribution in [0.25, 0.3) is 0 Å². The number of nitrogens with zero attached hydrogens (tertiary/aromatic N) is 3. The molecule has 1 saturated carbocycles. The average molecular weight is 238 g/mol. The van der Waals surface area contributed by atoms with Crippen LogP contribution in [0.2, 0.25) is 0 Å². The highest BCUT2D eigenvalue weighted by Gasteiger charge is 2.26. The van der Waals surface area contributed by atoms with Gasteiger partial charge in [-0.25, -0.2) is 9.67 Å². The summed E-state index contributed by atoms with van der Waals surface area (Å²) in [4.78, 5) is 4.19. The second-order valence-corrected chi connectivity index (χ2v) is 4.69. The molecule has 1 aliphatic carbocycles. The quantitative estimate of drug-likeness (QED) is 0.808. The lowest BCUT2D eigenvalue weighted by Gasteiger charge is -2.17. The molecule has 17 heavy (non-hydrogen) atoms. The Hall–Kier alpha value is -0.940. The van der Waals surface area contributed by atoms with E-state index in [0.717, 1.165) is 25.5 Å². The molecule has 0 aromatic carbocycles. The van der Waals surface area contributed by atoms with Gasteiger partial charge in [0.05, 0.1) is 6.61 Å². The summed E-state index contributed by atoms with van der Waals surface area (Å²) < 4.78 is 7.63. The van der Waals surface area contributed by atoms with E-state index in [9.17, 15) is 0 Å². The van der Waals surface area contributed by atoms with Crippen LogP contribution >= 0.6 is 0 Å². The van der Waals surface area contributed by atoms with Crippen LogP contribution in [0.3, 0.4) is 0 Å². The molecule has 1 aliphatic rings. The Labute approximate surface area is 102 Å². The van der Waals surface area contributed by atoms with Crippen LogP contribution in [-0.4, -0.2) is 27.9 Å². The van der Waals surface area contributed by atoms with Gasteiger partial charge in [0, 0.05) is 6.54 Å². The maximum Gasteiger partial charge on any atom is 0.152 e. The third-order valence-electron chi connectivity index (χ3n) is 3.68. The predicted octanol–water partition coefficient (Wildman–Crippen LogP) is 1.19. The molecule has 0 saturated heterocycles. The highest BCUT2D eigenvalue weighted by molar-refractivity contribution is 4.82. The Kier molecular flexibility index (Phi) is 4.50. The molecule has 2 rings (SSSR count). The van der Waals surface area contributed by atoms with Crippen molar-refractivity contribution in [3.63, 3.8) is 0 Å². The van der Waals surface area contributed by atoms with Gasteiger partial charge >= 0.3 is 0 Å². The zero-order chi connectivity index (χ0) is 12.1. The SMILES string of the molecule is CCn1ncnc1COCC1CCCC1CN. The van der Waals surface area contributed by atoms with E-state index >= 15 is 0 Å². The van der Waals surface area contributed by atoms with Crippen molar-refractivity contribution in [2.45, 2.75) is 39.3 Å². The zero-order valence-electron chi connectivity index (χ0n) is 10.5. The van der Waals surface area contributed by atoms with Crippen molar-refractivity contribution in [2.75, 3.05) is 13.2 Å². The Morgan fingerprint density at radius 1 is 1.47 bits per heavy atom. The number of aryl methyl sites for hydroxylation is 1. The number of ether oxygens (including phenoxy) is 1. The van der Waals surface area contributed by atoms with Crippen LogP contribution in [0.5, 0.6) is 0 Å². The van der Waals surface area contributed by atoms with Crippen LogP contribution in [0.1, 0.15) is 32.0 Å². The summed E-state index contributed by atoms with van der Waals surface area (Å²) in [6, 6.07) is 0. The minimum Gasteiger partial charge on any atom is -0.373 e. The topological polar surface area (TPSA) is 66.0 Å². The molecular formula is C12H22N4O. The molecule has 0 aliphatic heterocycles. The van der Waals surface area contributed by atoms with E-state index < -0.39 is 0 Å². The van der Waals surface area contributed by atoms with Gasteiger partial charge in [-0.3, -0.25) is 0 Å². The summed E-state index contributed by atoms with van der Waals surface area (Å²) in [5.41, 5.74) is 5.75. The summed E-state index contributed by atoms with van der Waals surface area (Å²) in [5.74, 6) is 2.20. The highest BCUT2D eigenvalue weighted by Crippen LogP contribution is 2.31. The molecule has 5 heteroatoms. The smallest absolute Gasteiger partial charge is 0.152 e. The lowest BCUT2D eigenvalue weighted by molar-refractivity contribution is 0.0691. The molecule has 1 aromatic heterocycles. The minimum atomic E-state index is 0.557. The molecule has 5 nitrogen and oxygen atoms in total. The summed E-state index contributed by atoms with van der Waals surface area (Å²) in [7, 11) is 0. The number of hydrogen-bond acceptors (Lipinski definition) is 4. The van der Waals surface area contributed by atoms with E-state index in [1.54, 1.807) is 6.33 Å². The van der Waals surface area contributed by atoms with Gasteiger partial charge in [0.15, 0.2) is 5.82 Å². The van der Waals surface area contributed by atoms with Crippen LogP contribution in [0, 0.1) is 11.8 Å². The summed E-state index contributed by atoms with van der Waals surface area (Å²) in [6.45, 7) is 5.05. The first-order chi connectivity index (χ1) is 8.35. The van der Waals surface area contributed by atoms with E-state index in [1.807, 2.05) is 4.68 Å². The summed E-state index contributed by atoms with van der Waals surface area (Å²) >= 11 is 0. The fraction of sp³-hybridized carbons (Fsp3) is 0.833. The third-order valence-corrected chi connectivity index (χ3v) is 3.68. The molecule has 2 unspecified atom stereocenters. The maximum absolute atomic E-state index is 5.76. The lowest BCUT2D eigenvalue weighted by atomic mass is 9.97. The number of rotatable bonds is 6. The van der Waals surface area contributed by atoms with Crippen molar-refractivity contribution in [3.8, 4) is 0 Å². The van der Waals surface area contributed by atoms with Crippen molar-refractivity contribution in [3.05, 3.63) is 12.2 Å². The Morgan fingerprint density at radius 2 is 2.29 bits per heavy atom. The van der Waals surface area contributed by atoms with Gasteiger partial charge in [-0.15, -0.1) is 0 Å². The second-order valence-electron chi connectivity index (χ2n) is 4.69. The summed E-state index contributed by atoms with van der Waals surface area (Å²) in [6.07, 6.45) is 5.39. The van der Waals surface area contributed by atoms with Crippen molar-refractivity contribution in [2.24, 2.45) is 17.6 Å². The first-order valence-corrected chi connectivity index (χ1v) is 6.49. The van der Waals surface area contributed by atoms with E-state index in [0.29, 0.717) is 18.4 Å². The Bertz CT molecular complexity index is 339. The number of hydrogen-bond donors (Lipinski definition) is 1. The van der Waals surface area contributed by atoms with E-state index in [2.05, 4.69) is 17.0 Å². The second kappa shape index (κ2) is 6.12. The number of nitrogens with two attached hydrogens (primary N) is 1. The van der Waals surface area contributed by atoms with Gasteiger partial charge in [-0.2, -0.15) is 5.10 Å². The van der Waals surface area contributed by atoms with Crippen LogP contribution < -0.4 is 5.73 Å². The molecule has 1 aromatic rings. The third kappa shape index (κ3) is 3.04. The van der Waals surface area contributed by atoms with Crippen molar-refractivity contribution in [1.29, 1.82) is 0 Å². The molecule has 1 fully saturated rings. The molecular weight excluding hydrogens is 216 g/mol. The minimum absolute atomic E-state index is 0.557. The van der Waals surface area contributed by atoms with E-state index in [1.165, 1.54) is 19.3 Å². The van der Waals surface area contributed by atoms with Gasteiger partial charge in [0.25, 0.3) is 0 Å². The normalized spacial score (nSPS) is 24.4. The fourth-order valence-electron chi connectivity index (χ4n) is 2.61. The number of aromatic nitrogens is 3. The van der Waals surface area contributed by atoms with Gasteiger partial charge in [-0.05, 0) is 38.1 Å². The maximum atomic E-state index is 5.76. The molecule has 1 heterocycles. The summed E-state index contributed by atoms with van der Waals surface area (Å²) in [5, 5.41) is 4.12. The van der Waals surface area contributed by atoms with Crippen LogP contribution in [0.15, 0.2) is 6.33 Å². The molecule has 96 valence electrons. The van der Waals surface area contributed by atoms with Gasteiger partial charge < -0.3 is 10.5 Å². The monoisotopic (exact) mass is 238 g/mol. The van der Waals surface area contributed by atoms with Crippen molar-refractivity contribution >= 4 is 0 Å². The molecule has 2 N–H and O–H groups in total. The van der Waals surface area contributed by atoms with Crippen LogP contribution in [-0.2, 0) is 17.9 Å². The van der Waals surface area contributed by atoms with Gasteiger partial charge in [0.1, 0.15) is 12.9 Å². The fourth-order valence-corrected chi connectivity index (χ4v) is 2.61. The Balaban J connectivity index is 1.76. The largest absolute Gasteiger partial charge is 0.373 e. The average Bonchev–Trinajstić information content (AvgIpc) is 2.97. The van der Waals surface area contributed by atoms with Crippen molar-refractivity contribution < 1.29 is 4.74 Å². The molecule has 0 radical (unpaired) electrons. The first kappa shape index (κ1) is 12.5. The van der Waals surface area contributed by atoms with Gasteiger partial charge in [0.2, 0.25) is 0 Å². The van der Waals surface area contributed by atoms with Gasteiger partial charge in [-0.1, -0.05) is 6.42 Å². The molecule has 0 bridgehead atoms. The van der Waals surface area contributed by atoms with Crippen molar-refractivity contribution in [1.82, 2.24) is 14.8 Å². The van der Waals surface area contributed by atoms with Crippen LogP contribution in [0.4, 0.5) is 0 Å². The first-order valence-electron chi connectivity index (χ1n) is 6.49. The molecule has 0 amide bonds. The predicted molar refractivity (Wildman–Crippen MR) is 65.2 cm³/mol. The standard InChI is InChI=1S/C12H22N4O/c1-2-16-12(14-9-15-16)8-17-7-11-5-3-4-10(11)6-13/h9-11H,2-8,13H2,1H3. The van der Waals surface area contributed by atoms with E-state index in [4.69, 9.17) is 10.5 Å². The zero-order valence-corrected chi connectivity index (χ0v) is 10.5. The molecule has 2 atom stereocenters.